The van der Waals surface area contributed by atoms with Crippen LogP contribution in [0, 0.1) is 0 Å². The van der Waals surface area contributed by atoms with E-state index in [4.69, 9.17) is 9.97 Å². The lowest BCUT2D eigenvalue weighted by Crippen LogP contribution is -2.29. The van der Waals surface area contributed by atoms with Crippen LogP contribution >= 0.6 is 0 Å². The molecule has 0 bridgehead atoms. The molecule has 10 aromatic carbocycles. The summed E-state index contributed by atoms with van der Waals surface area (Å²) in [4.78, 5) is 14.3. The summed E-state index contributed by atoms with van der Waals surface area (Å²) in [5.41, 5.74) is 27.5. The molecule has 16 rings (SSSR count). The van der Waals surface area contributed by atoms with E-state index in [-0.39, 0.29) is 0 Å². The van der Waals surface area contributed by atoms with Crippen molar-refractivity contribution in [3.05, 3.63) is 336 Å². The summed E-state index contributed by atoms with van der Waals surface area (Å²) in [5, 5.41) is 0. The van der Waals surface area contributed by atoms with Gasteiger partial charge in [0.1, 0.15) is 0 Å². The van der Waals surface area contributed by atoms with Crippen LogP contribution in [0.5, 0.6) is 0 Å². The molecule has 0 atom stereocenters. The van der Waals surface area contributed by atoms with Crippen molar-refractivity contribution in [2.24, 2.45) is 0 Å². The number of anilines is 6. The van der Waals surface area contributed by atoms with Crippen LogP contribution in [0.1, 0.15) is 44.5 Å². The summed E-state index contributed by atoms with van der Waals surface area (Å²) in [6, 6.07) is 99.0. The molecule has 4 aliphatic rings. The highest BCUT2D eigenvalue weighted by Gasteiger charge is 2.63. The van der Waals surface area contributed by atoms with Crippen LogP contribution in [0.3, 0.4) is 0 Å². The maximum absolute atomic E-state index is 4.75. The molecule has 78 heavy (non-hydrogen) atoms. The van der Waals surface area contributed by atoms with Gasteiger partial charge in [0, 0.05) is 34.9 Å². The first kappa shape index (κ1) is 44.2. The minimum Gasteiger partial charge on any atom is -0.308 e. The Morgan fingerprint density at radius 2 is 0.577 bits per heavy atom. The second-order valence-electron chi connectivity index (χ2n) is 20.8. The number of hydrogen-bond donors (Lipinski definition) is 0. The van der Waals surface area contributed by atoms with Crippen molar-refractivity contribution in [1.82, 2.24) is 9.97 Å². The number of fused-ring (bicyclic) bond motifs is 18. The zero-order valence-corrected chi connectivity index (χ0v) is 42.5. The van der Waals surface area contributed by atoms with Gasteiger partial charge in [0.05, 0.1) is 46.0 Å². The van der Waals surface area contributed by atoms with Crippen LogP contribution in [0.25, 0.3) is 55.7 Å². The second kappa shape index (κ2) is 17.2. The van der Waals surface area contributed by atoms with E-state index in [1.165, 1.54) is 77.9 Å². The van der Waals surface area contributed by atoms with E-state index in [0.717, 1.165) is 56.4 Å². The van der Waals surface area contributed by atoms with Crippen molar-refractivity contribution in [2.75, 3.05) is 9.80 Å². The molecule has 0 fully saturated rings. The van der Waals surface area contributed by atoms with Gasteiger partial charge in [0.15, 0.2) is 0 Å². The summed E-state index contributed by atoms with van der Waals surface area (Å²) in [7, 11) is 0. The van der Waals surface area contributed by atoms with Crippen molar-refractivity contribution in [3.63, 3.8) is 0 Å². The zero-order chi connectivity index (χ0) is 51.4. The van der Waals surface area contributed by atoms with Crippen molar-refractivity contribution >= 4 is 45.3 Å². The molecule has 0 aliphatic heterocycles. The van der Waals surface area contributed by atoms with Gasteiger partial charge in [-0.15, -0.1) is 0 Å². The number of rotatable bonds is 8. The third-order valence-electron chi connectivity index (χ3n) is 17.0. The third kappa shape index (κ3) is 6.05. The first-order chi connectivity index (χ1) is 38.7. The Morgan fingerprint density at radius 1 is 0.244 bits per heavy atom. The van der Waals surface area contributed by atoms with Gasteiger partial charge in [-0.25, -0.2) is 0 Å². The molecule has 2 spiro atoms. The third-order valence-corrected chi connectivity index (χ3v) is 17.0. The molecule has 0 saturated heterocycles. The van der Waals surface area contributed by atoms with Gasteiger partial charge in [0.25, 0.3) is 0 Å². The number of benzene rings is 10. The minimum absolute atomic E-state index is 0.706. The molecular formula is C74H48N4. The molecule has 4 nitrogen and oxygen atoms in total. The molecule has 364 valence electrons. The van der Waals surface area contributed by atoms with Gasteiger partial charge < -0.3 is 9.80 Å². The highest BCUT2D eigenvalue weighted by molar-refractivity contribution is 6.20. The van der Waals surface area contributed by atoms with E-state index in [2.05, 4.69) is 265 Å². The highest BCUT2D eigenvalue weighted by atomic mass is 15.2. The molecule has 0 N–H and O–H groups in total. The number of pyridine rings is 2. The van der Waals surface area contributed by atoms with E-state index >= 15 is 0 Å². The average molecular weight is 993 g/mol. The van der Waals surface area contributed by atoms with Crippen molar-refractivity contribution < 1.29 is 0 Å². The highest BCUT2D eigenvalue weighted by Crippen LogP contribution is 2.75. The standard InChI is InChI=1S/C74H48N4/c1-3-21-49(22-4-1)55-27-11-17-37-69(55)77(53-25-19-43-75-47-53)51-39-41-61-67(45-51)73(63-33-13-7-29-57(63)58-30-8-14-34-64(58)73)72-62-42-40-52(46-68(62)74(71(61)72)65-35-15-9-31-59(65)60-32-10-16-36-66(60)74)78(54-26-20-44-76-48-54)70-38-18-12-28-56(70)50-23-5-2-6-24-50/h1-48H. The number of nitrogens with zero attached hydrogens (tertiary/aromatic N) is 4. The molecule has 2 heterocycles. The van der Waals surface area contributed by atoms with E-state index < -0.39 is 10.8 Å². The Kier molecular flexibility index (Phi) is 9.73. The molecule has 4 aliphatic carbocycles. The van der Waals surface area contributed by atoms with Crippen LogP contribution in [-0.2, 0) is 10.8 Å². The summed E-state index contributed by atoms with van der Waals surface area (Å²) in [6.45, 7) is 0. The van der Waals surface area contributed by atoms with Crippen LogP contribution in [0.15, 0.2) is 292 Å². The van der Waals surface area contributed by atoms with Gasteiger partial charge in [-0.05, 0) is 150 Å². The van der Waals surface area contributed by atoms with Gasteiger partial charge in [0.2, 0.25) is 0 Å². The van der Waals surface area contributed by atoms with Gasteiger partial charge in [-0.1, -0.05) is 206 Å². The topological polar surface area (TPSA) is 32.3 Å². The van der Waals surface area contributed by atoms with Crippen molar-refractivity contribution in [1.29, 1.82) is 0 Å². The fraction of sp³-hybridized carbons (Fsp3) is 0.0270. The first-order valence-corrected chi connectivity index (χ1v) is 26.9. The minimum atomic E-state index is -0.706. The SMILES string of the molecule is c1ccc(-c2ccccc2N(c2cccnc2)c2ccc3c(c2)C2(C4=C3C3(c5cc(N(c6cccnc6)c6ccccc6-c6ccccc6)ccc54)c4ccccc4-c4ccccc43)c3ccccc3-c3ccccc32)cc1. The molecular weight excluding hydrogens is 945 g/mol. The Hall–Kier alpha value is -10.2. The summed E-state index contributed by atoms with van der Waals surface area (Å²) in [6.07, 6.45) is 7.71. The van der Waals surface area contributed by atoms with Crippen LogP contribution in [0.2, 0.25) is 0 Å². The zero-order valence-electron chi connectivity index (χ0n) is 42.5. The van der Waals surface area contributed by atoms with Crippen molar-refractivity contribution in [3.8, 4) is 44.5 Å². The molecule has 2 aromatic heterocycles. The van der Waals surface area contributed by atoms with E-state index in [9.17, 15) is 0 Å². The molecule has 0 radical (unpaired) electrons. The summed E-state index contributed by atoms with van der Waals surface area (Å²) >= 11 is 0. The van der Waals surface area contributed by atoms with Gasteiger partial charge >= 0.3 is 0 Å². The predicted molar refractivity (Wildman–Crippen MR) is 319 cm³/mol. The summed E-state index contributed by atoms with van der Waals surface area (Å²) in [5.74, 6) is 0. The Morgan fingerprint density at radius 3 is 0.936 bits per heavy atom. The molecule has 0 amide bonds. The first-order valence-electron chi connectivity index (χ1n) is 26.9. The Labute approximate surface area is 454 Å². The smallest absolute Gasteiger partial charge is 0.0729 e. The lowest BCUT2D eigenvalue weighted by atomic mass is 9.66. The summed E-state index contributed by atoms with van der Waals surface area (Å²) < 4.78 is 0. The fourth-order valence-electron chi connectivity index (χ4n) is 14.2. The number of hydrogen-bond acceptors (Lipinski definition) is 4. The number of allylic oxidation sites excluding steroid dienone is 2. The molecule has 0 saturated carbocycles. The van der Waals surface area contributed by atoms with Crippen LogP contribution < -0.4 is 9.80 Å². The Balaban J connectivity index is 1.02. The lowest BCUT2D eigenvalue weighted by molar-refractivity contribution is 0.826. The molecule has 12 aromatic rings. The second-order valence-corrected chi connectivity index (χ2v) is 20.8. The molecule has 4 heteroatoms. The normalized spacial score (nSPS) is 14.1. The number of aromatic nitrogens is 2. The largest absolute Gasteiger partial charge is 0.308 e. The maximum atomic E-state index is 4.75. The Bertz CT molecular complexity index is 4020. The monoisotopic (exact) mass is 992 g/mol. The van der Waals surface area contributed by atoms with Crippen LogP contribution in [0.4, 0.5) is 34.1 Å². The van der Waals surface area contributed by atoms with E-state index in [0.29, 0.717) is 0 Å². The van der Waals surface area contributed by atoms with Gasteiger partial charge in [-0.3, -0.25) is 9.97 Å². The van der Waals surface area contributed by atoms with Crippen molar-refractivity contribution in [2.45, 2.75) is 10.8 Å². The maximum Gasteiger partial charge on any atom is 0.0729 e. The lowest BCUT2D eigenvalue weighted by Gasteiger charge is -2.36. The van der Waals surface area contributed by atoms with E-state index in [1.54, 1.807) is 0 Å². The van der Waals surface area contributed by atoms with Gasteiger partial charge in [-0.2, -0.15) is 0 Å². The fourth-order valence-corrected chi connectivity index (χ4v) is 14.2. The van der Waals surface area contributed by atoms with E-state index in [1.807, 2.05) is 36.9 Å². The average Bonchev–Trinajstić information content (AvgIpc) is 2.18. The number of para-hydroxylation sites is 2. The predicted octanol–water partition coefficient (Wildman–Crippen LogP) is 18.3. The molecule has 0 unspecified atom stereocenters. The van der Waals surface area contributed by atoms with Crippen LogP contribution in [-0.4, -0.2) is 9.97 Å². The quantitative estimate of drug-likeness (QED) is 0.152.